The third-order valence-corrected chi connectivity index (χ3v) is 8.01. The fourth-order valence-corrected chi connectivity index (χ4v) is 6.95. The van der Waals surface area contributed by atoms with Crippen molar-refractivity contribution in [2.45, 2.75) is 77.2 Å². The summed E-state index contributed by atoms with van der Waals surface area (Å²) >= 11 is 0. The van der Waals surface area contributed by atoms with Crippen molar-refractivity contribution >= 4 is 5.78 Å². The summed E-state index contributed by atoms with van der Waals surface area (Å²) in [7, 11) is 0. The molecule has 132 valence electrons. The van der Waals surface area contributed by atoms with Gasteiger partial charge < -0.3 is 5.11 Å². The Hall–Kier alpha value is -0.890. The van der Waals surface area contributed by atoms with Crippen molar-refractivity contribution in [1.82, 2.24) is 0 Å². The Bertz CT molecular complexity index is 575. The zero-order valence-electron chi connectivity index (χ0n) is 15.1. The normalized spacial score (nSPS) is 44.8. The molecule has 0 amide bonds. The summed E-state index contributed by atoms with van der Waals surface area (Å²) in [6, 6.07) is 0. The molecule has 0 aromatic carbocycles. The lowest BCUT2D eigenvalue weighted by Crippen LogP contribution is -2.49. The number of ketones is 1. The maximum atomic E-state index is 11.9. The van der Waals surface area contributed by atoms with Crippen LogP contribution in [0.3, 0.4) is 0 Å². The fraction of sp³-hybridized carbons (Fsp3) is 0.773. The van der Waals surface area contributed by atoms with Gasteiger partial charge in [0.2, 0.25) is 0 Å². The molecule has 6 atom stereocenters. The van der Waals surface area contributed by atoms with Crippen molar-refractivity contribution in [3.63, 3.8) is 0 Å². The molecule has 2 fully saturated rings. The van der Waals surface area contributed by atoms with Crippen LogP contribution in [0, 0.1) is 29.1 Å². The second-order valence-electron chi connectivity index (χ2n) is 9.11. The molecule has 24 heavy (non-hydrogen) atoms. The number of allylic oxidation sites excluding steroid dienone is 3. The molecule has 4 rings (SSSR count). The van der Waals surface area contributed by atoms with Gasteiger partial charge in [-0.2, -0.15) is 0 Å². The Balaban J connectivity index is 1.70. The average molecular weight is 328 g/mol. The molecule has 4 aliphatic rings. The number of carbonyl (C=O) groups is 1. The molecular formula is C22H32O2. The van der Waals surface area contributed by atoms with Gasteiger partial charge in [0.15, 0.2) is 0 Å². The molecule has 0 heterocycles. The zero-order chi connectivity index (χ0) is 16.9. The highest BCUT2D eigenvalue weighted by atomic mass is 16.3. The summed E-state index contributed by atoms with van der Waals surface area (Å²) in [5, 5.41) is 10.7. The topological polar surface area (TPSA) is 37.3 Å². The first-order valence-corrected chi connectivity index (χ1v) is 10.1. The lowest BCUT2D eigenvalue weighted by molar-refractivity contribution is -0.119. The molecule has 0 spiro atoms. The second kappa shape index (κ2) is 6.12. The Morgan fingerprint density at radius 2 is 2.08 bits per heavy atom. The predicted molar refractivity (Wildman–Crippen MR) is 96.5 cm³/mol. The number of aliphatic hydroxyl groups is 1. The molecule has 0 aromatic rings. The van der Waals surface area contributed by atoms with Crippen LogP contribution in [0.1, 0.15) is 71.1 Å². The van der Waals surface area contributed by atoms with E-state index >= 15 is 0 Å². The Labute approximate surface area is 146 Å². The first-order valence-electron chi connectivity index (χ1n) is 10.1. The van der Waals surface area contributed by atoms with Gasteiger partial charge in [0.05, 0.1) is 6.10 Å². The number of fused-ring (bicyclic) bond motifs is 4. The maximum absolute atomic E-state index is 11.9. The van der Waals surface area contributed by atoms with Crippen molar-refractivity contribution in [2.75, 3.05) is 0 Å². The minimum atomic E-state index is -0.113. The summed E-state index contributed by atoms with van der Waals surface area (Å²) in [5.41, 5.74) is 3.29. The smallest absolute Gasteiger partial charge is 0.137 e. The molecule has 2 heteroatoms. The SMILES string of the molecule is C=CCCC1CC2(C)C(O)CCC2C2CCC3=C(CCC(=O)C3)C12. The molecule has 0 aliphatic heterocycles. The van der Waals surface area contributed by atoms with Gasteiger partial charge in [-0.25, -0.2) is 0 Å². The van der Waals surface area contributed by atoms with Crippen molar-refractivity contribution < 1.29 is 9.90 Å². The van der Waals surface area contributed by atoms with E-state index in [4.69, 9.17) is 0 Å². The Morgan fingerprint density at radius 3 is 2.88 bits per heavy atom. The van der Waals surface area contributed by atoms with Crippen LogP contribution >= 0.6 is 0 Å². The summed E-state index contributed by atoms with van der Waals surface area (Å²) in [6.45, 7) is 6.30. The molecule has 2 saturated carbocycles. The number of aliphatic hydroxyl groups excluding tert-OH is 1. The third-order valence-electron chi connectivity index (χ3n) is 8.01. The first kappa shape index (κ1) is 16.6. The predicted octanol–water partition coefficient (Wildman–Crippen LogP) is 4.83. The molecule has 1 N–H and O–H groups in total. The van der Waals surface area contributed by atoms with Crippen LogP contribution in [0.4, 0.5) is 0 Å². The van der Waals surface area contributed by atoms with Gasteiger partial charge in [0.25, 0.3) is 0 Å². The first-order chi connectivity index (χ1) is 11.5. The highest BCUT2D eigenvalue weighted by molar-refractivity contribution is 5.82. The van der Waals surface area contributed by atoms with E-state index in [9.17, 15) is 9.90 Å². The average Bonchev–Trinajstić information content (AvgIpc) is 2.87. The van der Waals surface area contributed by atoms with Gasteiger partial charge in [-0.3, -0.25) is 4.79 Å². The van der Waals surface area contributed by atoms with Gasteiger partial charge in [0.1, 0.15) is 5.78 Å². The monoisotopic (exact) mass is 328 g/mol. The van der Waals surface area contributed by atoms with Crippen molar-refractivity contribution in [1.29, 1.82) is 0 Å². The minimum Gasteiger partial charge on any atom is -0.393 e. The van der Waals surface area contributed by atoms with Gasteiger partial charge in [-0.15, -0.1) is 6.58 Å². The summed E-state index contributed by atoms with van der Waals surface area (Å²) in [4.78, 5) is 11.9. The maximum Gasteiger partial charge on any atom is 0.137 e. The molecule has 0 aromatic heterocycles. The van der Waals surface area contributed by atoms with Crippen LogP contribution < -0.4 is 0 Å². The number of rotatable bonds is 3. The van der Waals surface area contributed by atoms with Gasteiger partial charge >= 0.3 is 0 Å². The van der Waals surface area contributed by atoms with Gasteiger partial charge in [-0.1, -0.05) is 24.1 Å². The number of hydrogen-bond donors (Lipinski definition) is 1. The Morgan fingerprint density at radius 1 is 1.25 bits per heavy atom. The van der Waals surface area contributed by atoms with Crippen LogP contribution in [0.15, 0.2) is 23.8 Å². The Kier molecular flexibility index (Phi) is 4.23. The van der Waals surface area contributed by atoms with Crippen LogP contribution in [0.25, 0.3) is 0 Å². The largest absolute Gasteiger partial charge is 0.393 e. The molecule has 2 nitrogen and oxygen atoms in total. The molecule has 0 saturated heterocycles. The molecule has 0 radical (unpaired) electrons. The number of hydrogen-bond acceptors (Lipinski definition) is 2. The highest BCUT2D eigenvalue weighted by Gasteiger charge is 2.57. The van der Waals surface area contributed by atoms with Crippen LogP contribution in [0.2, 0.25) is 0 Å². The van der Waals surface area contributed by atoms with E-state index in [0.29, 0.717) is 23.5 Å². The van der Waals surface area contributed by atoms with Crippen LogP contribution in [-0.2, 0) is 4.79 Å². The van der Waals surface area contributed by atoms with Crippen LogP contribution in [0.5, 0.6) is 0 Å². The standard InChI is InChI=1S/C22H32O2/c1-3-4-5-15-13-22(2)19(10-11-20(22)24)18-8-6-14-12-16(23)7-9-17(14)21(15)18/h3,15,18-21,24H,1,4-13H2,2H3. The minimum absolute atomic E-state index is 0.113. The van der Waals surface area contributed by atoms with Gasteiger partial charge in [-0.05, 0) is 80.5 Å². The van der Waals surface area contributed by atoms with Crippen molar-refractivity contribution in [3.8, 4) is 0 Å². The van der Waals surface area contributed by atoms with Gasteiger partial charge in [0, 0.05) is 12.8 Å². The van der Waals surface area contributed by atoms with E-state index in [1.807, 2.05) is 0 Å². The molecular weight excluding hydrogens is 296 g/mol. The quantitative estimate of drug-likeness (QED) is 0.754. The number of Topliss-reactive ketones (excluding diaryl/α,β-unsaturated/α-hetero) is 1. The van der Waals surface area contributed by atoms with E-state index in [-0.39, 0.29) is 11.5 Å². The summed E-state index contributed by atoms with van der Waals surface area (Å²) in [6.07, 6.45) is 12.5. The van der Waals surface area contributed by atoms with E-state index in [2.05, 4.69) is 19.6 Å². The lowest BCUT2D eigenvalue weighted by Gasteiger charge is -2.55. The van der Waals surface area contributed by atoms with Crippen molar-refractivity contribution in [2.24, 2.45) is 29.1 Å². The fourth-order valence-electron chi connectivity index (χ4n) is 6.95. The van der Waals surface area contributed by atoms with E-state index in [1.54, 1.807) is 5.57 Å². The van der Waals surface area contributed by atoms with Crippen molar-refractivity contribution in [3.05, 3.63) is 23.8 Å². The second-order valence-corrected chi connectivity index (χ2v) is 9.11. The zero-order valence-corrected chi connectivity index (χ0v) is 15.1. The lowest BCUT2D eigenvalue weighted by atomic mass is 9.50. The summed E-state index contributed by atoms with van der Waals surface area (Å²) in [5.74, 6) is 3.23. The third kappa shape index (κ3) is 2.44. The molecule has 4 aliphatic carbocycles. The number of carbonyl (C=O) groups excluding carboxylic acids is 1. The van der Waals surface area contributed by atoms with Crippen LogP contribution in [-0.4, -0.2) is 17.0 Å². The van der Waals surface area contributed by atoms with E-state index in [0.717, 1.165) is 44.4 Å². The highest BCUT2D eigenvalue weighted by Crippen LogP contribution is 2.63. The molecule has 0 bridgehead atoms. The molecule has 6 unspecified atom stereocenters. The summed E-state index contributed by atoms with van der Waals surface area (Å²) < 4.78 is 0. The van der Waals surface area contributed by atoms with E-state index in [1.165, 1.54) is 31.3 Å². The van der Waals surface area contributed by atoms with E-state index < -0.39 is 0 Å².